The van der Waals surface area contributed by atoms with Crippen LogP contribution >= 0.6 is 16.5 Å². The maximum absolute atomic E-state index is 11.0. The molecule has 0 aliphatic heterocycles. The summed E-state index contributed by atoms with van der Waals surface area (Å²) in [5, 5.41) is 16.6. The summed E-state index contributed by atoms with van der Waals surface area (Å²) in [5.74, 6) is 0.432. The number of phenolic OH excluding ortho intramolecular Hbond substituents is 1. The molecule has 0 aliphatic carbocycles. The molecule has 0 fully saturated rings. The summed E-state index contributed by atoms with van der Waals surface area (Å²) < 4.78 is 0. The first-order valence-electron chi connectivity index (χ1n) is 12.6. The number of benzene rings is 4. The smallest absolute Gasteiger partial charge is 0.119 e. The lowest BCUT2D eigenvalue weighted by Gasteiger charge is -2.36. The Balaban J connectivity index is 1.92. The summed E-state index contributed by atoms with van der Waals surface area (Å²) in [4.78, 5) is 0. The van der Waals surface area contributed by atoms with Crippen molar-refractivity contribution in [2.45, 2.75) is 52.1 Å². The van der Waals surface area contributed by atoms with Crippen LogP contribution in [0.5, 0.6) is 5.75 Å². The van der Waals surface area contributed by atoms with Crippen molar-refractivity contribution in [3.8, 4) is 5.75 Å². The predicted octanol–water partition coefficient (Wildman–Crippen LogP) is 7.18. The molecule has 2 atom stereocenters. The summed E-state index contributed by atoms with van der Waals surface area (Å²) >= 11 is 0. The maximum atomic E-state index is 11.0. The quantitative estimate of drug-likeness (QED) is 0.243. The standard InChI is InChI=1S/C32H36OP2/c1-5-22-32(6-2,28-23-24(3)20-21-29(28)33)34-31-25(4)14-13-19-30(31)35(26-15-9-7-10-16-26)27-17-11-8-12-18-27/h7-21,23,33-34H,5-6,22H2,1-4H3. The van der Waals surface area contributed by atoms with Gasteiger partial charge >= 0.3 is 0 Å². The second-order valence-electron chi connectivity index (χ2n) is 9.31. The van der Waals surface area contributed by atoms with Gasteiger partial charge in [0.15, 0.2) is 0 Å². The fraction of sp³-hybridized carbons (Fsp3) is 0.250. The minimum absolute atomic E-state index is 0.0832. The van der Waals surface area contributed by atoms with Crippen LogP contribution in [-0.4, -0.2) is 5.11 Å². The number of phenols is 1. The van der Waals surface area contributed by atoms with E-state index in [0.717, 1.165) is 24.8 Å². The molecule has 0 saturated heterocycles. The molecule has 35 heavy (non-hydrogen) atoms. The third kappa shape index (κ3) is 5.53. The number of aromatic hydroxyl groups is 1. The minimum atomic E-state index is -0.689. The van der Waals surface area contributed by atoms with Crippen LogP contribution in [0.4, 0.5) is 0 Å². The number of hydrogen-bond donors (Lipinski definition) is 1. The Kier molecular flexibility index (Phi) is 8.43. The van der Waals surface area contributed by atoms with Crippen molar-refractivity contribution in [1.82, 2.24) is 0 Å². The van der Waals surface area contributed by atoms with E-state index < -0.39 is 7.92 Å². The molecule has 0 amide bonds. The van der Waals surface area contributed by atoms with Crippen LogP contribution in [0.15, 0.2) is 97.1 Å². The monoisotopic (exact) mass is 498 g/mol. The highest BCUT2D eigenvalue weighted by Gasteiger charge is 2.34. The normalized spacial score (nSPS) is 13.4. The summed E-state index contributed by atoms with van der Waals surface area (Å²) in [7, 11) is -0.109. The minimum Gasteiger partial charge on any atom is -0.508 e. The Bertz CT molecular complexity index is 1210. The molecule has 2 unspecified atom stereocenters. The summed E-state index contributed by atoms with van der Waals surface area (Å²) in [6, 6.07) is 34.9. The van der Waals surface area contributed by atoms with Gasteiger partial charge in [0.05, 0.1) is 0 Å². The molecule has 0 aromatic heterocycles. The van der Waals surface area contributed by atoms with Gasteiger partial charge in [-0.15, -0.1) is 0 Å². The summed E-state index contributed by atoms with van der Waals surface area (Å²) in [5.41, 5.74) is 3.66. The zero-order valence-corrected chi connectivity index (χ0v) is 23.1. The third-order valence-electron chi connectivity index (χ3n) is 6.83. The van der Waals surface area contributed by atoms with Gasteiger partial charge in [-0.3, -0.25) is 0 Å². The molecule has 0 aliphatic rings. The fourth-order valence-corrected chi connectivity index (χ4v) is 9.79. The van der Waals surface area contributed by atoms with E-state index in [-0.39, 0.29) is 5.16 Å². The first-order valence-corrected chi connectivity index (χ1v) is 14.9. The molecule has 0 heterocycles. The van der Waals surface area contributed by atoms with E-state index >= 15 is 0 Å². The van der Waals surface area contributed by atoms with Crippen molar-refractivity contribution in [1.29, 1.82) is 0 Å². The van der Waals surface area contributed by atoms with Crippen LogP contribution < -0.4 is 21.2 Å². The molecule has 0 spiro atoms. The Morgan fingerprint density at radius 1 is 0.771 bits per heavy atom. The van der Waals surface area contributed by atoms with Crippen LogP contribution in [-0.2, 0) is 5.16 Å². The molecule has 0 bridgehead atoms. The van der Waals surface area contributed by atoms with Crippen molar-refractivity contribution in [3.05, 3.63) is 114 Å². The van der Waals surface area contributed by atoms with Gasteiger partial charge in [-0.05, 0) is 67.5 Å². The van der Waals surface area contributed by atoms with Crippen LogP contribution in [0.1, 0.15) is 49.8 Å². The van der Waals surface area contributed by atoms with Gasteiger partial charge in [0.2, 0.25) is 0 Å². The van der Waals surface area contributed by atoms with Crippen LogP contribution in [0.3, 0.4) is 0 Å². The van der Waals surface area contributed by atoms with E-state index in [4.69, 9.17) is 0 Å². The van der Waals surface area contributed by atoms with Gasteiger partial charge < -0.3 is 5.11 Å². The van der Waals surface area contributed by atoms with E-state index in [0.29, 0.717) is 14.3 Å². The zero-order valence-electron chi connectivity index (χ0n) is 21.3. The molecule has 0 saturated carbocycles. The molecule has 1 nitrogen and oxygen atoms in total. The number of aryl methyl sites for hydroxylation is 2. The molecule has 1 N–H and O–H groups in total. The van der Waals surface area contributed by atoms with Gasteiger partial charge in [-0.25, -0.2) is 0 Å². The van der Waals surface area contributed by atoms with Crippen molar-refractivity contribution in [2.24, 2.45) is 0 Å². The predicted molar refractivity (Wildman–Crippen MR) is 158 cm³/mol. The molecule has 180 valence electrons. The topological polar surface area (TPSA) is 20.2 Å². The lowest BCUT2D eigenvalue weighted by atomic mass is 9.89. The van der Waals surface area contributed by atoms with Gasteiger partial charge in [-0.1, -0.05) is 125 Å². The van der Waals surface area contributed by atoms with Crippen molar-refractivity contribution in [3.63, 3.8) is 0 Å². The third-order valence-corrected chi connectivity index (χ3v) is 11.8. The van der Waals surface area contributed by atoms with Crippen LogP contribution in [0.25, 0.3) is 0 Å². The Morgan fingerprint density at radius 3 is 1.97 bits per heavy atom. The highest BCUT2D eigenvalue weighted by molar-refractivity contribution is 7.81. The molecule has 4 rings (SSSR count). The highest BCUT2D eigenvalue weighted by atomic mass is 31.1. The molecule has 3 heteroatoms. The second kappa shape index (κ2) is 11.5. The molecular formula is C32H36OP2. The average Bonchev–Trinajstić information content (AvgIpc) is 2.88. The number of rotatable bonds is 9. The first kappa shape index (κ1) is 25.6. The summed E-state index contributed by atoms with van der Waals surface area (Å²) in [6.07, 6.45) is 3.14. The van der Waals surface area contributed by atoms with Crippen LogP contribution in [0.2, 0.25) is 0 Å². The van der Waals surface area contributed by atoms with Gasteiger partial charge in [-0.2, -0.15) is 0 Å². The van der Waals surface area contributed by atoms with E-state index in [1.165, 1.54) is 32.3 Å². The van der Waals surface area contributed by atoms with E-state index in [9.17, 15) is 5.11 Å². The Morgan fingerprint density at radius 2 is 1.40 bits per heavy atom. The van der Waals surface area contributed by atoms with E-state index in [1.54, 1.807) is 0 Å². The lowest BCUT2D eigenvalue weighted by Crippen LogP contribution is -2.33. The van der Waals surface area contributed by atoms with Crippen molar-refractivity contribution >= 4 is 37.7 Å². The SMILES string of the molecule is CCCC(CC)(Pc1c(C)cccc1P(c1ccccc1)c1ccccc1)c1cc(C)ccc1O. The lowest BCUT2D eigenvalue weighted by molar-refractivity contribution is 0.442. The van der Waals surface area contributed by atoms with Gasteiger partial charge in [0.25, 0.3) is 0 Å². The maximum Gasteiger partial charge on any atom is 0.119 e. The molecular weight excluding hydrogens is 462 g/mol. The number of hydrogen-bond acceptors (Lipinski definition) is 1. The van der Waals surface area contributed by atoms with Gasteiger partial charge in [0.1, 0.15) is 5.75 Å². The van der Waals surface area contributed by atoms with Crippen molar-refractivity contribution in [2.75, 3.05) is 0 Å². The van der Waals surface area contributed by atoms with Gasteiger partial charge in [0, 0.05) is 10.7 Å². The second-order valence-corrected chi connectivity index (χ2v) is 13.2. The largest absolute Gasteiger partial charge is 0.508 e. The first-order chi connectivity index (χ1) is 17.0. The molecule has 4 aromatic carbocycles. The van der Waals surface area contributed by atoms with E-state index in [1.807, 2.05) is 12.1 Å². The fourth-order valence-electron chi connectivity index (χ4n) is 5.00. The van der Waals surface area contributed by atoms with E-state index in [2.05, 4.69) is 113 Å². The highest BCUT2D eigenvalue weighted by Crippen LogP contribution is 2.51. The Hall–Kier alpha value is -2.46. The zero-order chi connectivity index (χ0) is 24.8. The summed E-state index contributed by atoms with van der Waals surface area (Å²) in [6.45, 7) is 8.94. The molecule has 4 aromatic rings. The Labute approximate surface area is 214 Å². The van der Waals surface area contributed by atoms with Crippen LogP contribution in [0, 0.1) is 13.8 Å². The van der Waals surface area contributed by atoms with Crippen molar-refractivity contribution < 1.29 is 5.11 Å². The average molecular weight is 499 g/mol. The molecule has 0 radical (unpaired) electrons.